The Hall–Kier alpha value is -1.92. The van der Waals surface area contributed by atoms with Crippen molar-refractivity contribution in [3.8, 4) is 0 Å². The van der Waals surface area contributed by atoms with Gasteiger partial charge in [-0.2, -0.15) is 0 Å². The molecule has 6 nitrogen and oxygen atoms in total. The number of β-amino-alcohol motifs (C(OH)–C–C–N with tert-alkyl or cyclic N) is 1. The molecule has 0 aromatic heterocycles. The van der Waals surface area contributed by atoms with Crippen LogP contribution in [0, 0.1) is 0 Å². The molecule has 0 bridgehead atoms. The first-order valence-corrected chi connectivity index (χ1v) is 9.09. The molecule has 25 heavy (non-hydrogen) atoms. The van der Waals surface area contributed by atoms with Crippen LogP contribution in [0.4, 0.5) is 0 Å². The van der Waals surface area contributed by atoms with E-state index < -0.39 is 5.60 Å². The minimum absolute atomic E-state index is 0.0767. The molecule has 1 atom stereocenters. The van der Waals surface area contributed by atoms with Crippen LogP contribution in [0.3, 0.4) is 0 Å². The average Bonchev–Trinajstić information content (AvgIpc) is 2.64. The molecule has 2 aliphatic rings. The van der Waals surface area contributed by atoms with Crippen LogP contribution in [-0.4, -0.2) is 58.5 Å². The lowest BCUT2D eigenvalue weighted by molar-refractivity contribution is -0.133. The van der Waals surface area contributed by atoms with Gasteiger partial charge in [0.15, 0.2) is 0 Å². The molecule has 0 radical (unpaired) electrons. The Balaban J connectivity index is 1.63. The van der Waals surface area contributed by atoms with Crippen LogP contribution in [-0.2, 0) is 11.3 Å². The van der Waals surface area contributed by atoms with Gasteiger partial charge in [-0.05, 0) is 43.4 Å². The van der Waals surface area contributed by atoms with Crippen molar-refractivity contribution in [3.05, 3.63) is 35.4 Å². The molecule has 6 heteroatoms. The van der Waals surface area contributed by atoms with Crippen LogP contribution in [0.15, 0.2) is 24.3 Å². The first-order chi connectivity index (χ1) is 12.0. The number of rotatable bonds is 4. The summed E-state index contributed by atoms with van der Waals surface area (Å²) in [7, 11) is 0. The lowest BCUT2D eigenvalue weighted by Gasteiger charge is -2.38. The highest BCUT2D eigenvalue weighted by Crippen LogP contribution is 2.22. The Kier molecular flexibility index (Phi) is 5.39. The van der Waals surface area contributed by atoms with E-state index in [9.17, 15) is 14.7 Å². The number of hydrogen-bond acceptors (Lipinski definition) is 4. The molecule has 136 valence electrons. The second-order valence-electron chi connectivity index (χ2n) is 7.23. The molecule has 2 heterocycles. The standard InChI is InChI=1S/C19H27N3O3/c20-13-19(25)9-3-11-22(14-19)18(24)16-7-5-15(6-8-16)12-21-10-2-1-4-17(21)23/h5-8,25H,1-4,9-14,20H2. The fraction of sp³-hybridized carbons (Fsp3) is 0.579. The lowest BCUT2D eigenvalue weighted by Crippen LogP contribution is -2.54. The van der Waals surface area contributed by atoms with E-state index in [0.717, 1.165) is 31.4 Å². The number of benzene rings is 1. The van der Waals surface area contributed by atoms with Gasteiger partial charge in [0.05, 0.1) is 12.1 Å². The summed E-state index contributed by atoms with van der Waals surface area (Å²) in [6.07, 6.45) is 4.06. The molecule has 2 amide bonds. The van der Waals surface area contributed by atoms with Crippen LogP contribution in [0.5, 0.6) is 0 Å². The van der Waals surface area contributed by atoms with Crippen LogP contribution >= 0.6 is 0 Å². The van der Waals surface area contributed by atoms with Crippen LogP contribution in [0.1, 0.15) is 48.0 Å². The zero-order chi connectivity index (χ0) is 17.9. The van der Waals surface area contributed by atoms with E-state index in [0.29, 0.717) is 31.5 Å². The van der Waals surface area contributed by atoms with E-state index in [1.807, 2.05) is 29.2 Å². The van der Waals surface area contributed by atoms with Crippen LogP contribution < -0.4 is 5.73 Å². The summed E-state index contributed by atoms with van der Waals surface area (Å²) in [6.45, 7) is 2.51. The third kappa shape index (κ3) is 4.19. The number of amides is 2. The van der Waals surface area contributed by atoms with Crippen molar-refractivity contribution >= 4 is 11.8 Å². The summed E-state index contributed by atoms with van der Waals surface area (Å²) >= 11 is 0. The molecule has 3 N–H and O–H groups in total. The van der Waals surface area contributed by atoms with E-state index in [2.05, 4.69) is 0 Å². The lowest BCUT2D eigenvalue weighted by atomic mass is 9.92. The molecule has 0 saturated carbocycles. The minimum Gasteiger partial charge on any atom is -0.387 e. The number of piperidine rings is 2. The first-order valence-electron chi connectivity index (χ1n) is 9.09. The van der Waals surface area contributed by atoms with Crippen molar-refractivity contribution < 1.29 is 14.7 Å². The number of nitrogens with two attached hydrogens (primary N) is 1. The van der Waals surface area contributed by atoms with Gasteiger partial charge in [0.1, 0.15) is 0 Å². The molecular weight excluding hydrogens is 318 g/mol. The largest absolute Gasteiger partial charge is 0.387 e. The number of nitrogens with zero attached hydrogens (tertiary/aromatic N) is 2. The highest BCUT2D eigenvalue weighted by atomic mass is 16.3. The zero-order valence-electron chi connectivity index (χ0n) is 14.6. The van der Waals surface area contributed by atoms with Crippen molar-refractivity contribution in [3.63, 3.8) is 0 Å². The van der Waals surface area contributed by atoms with Crippen molar-refractivity contribution in [1.29, 1.82) is 0 Å². The molecular formula is C19H27N3O3. The highest BCUT2D eigenvalue weighted by molar-refractivity contribution is 5.94. The topological polar surface area (TPSA) is 86.9 Å². The molecule has 1 aromatic rings. The maximum Gasteiger partial charge on any atom is 0.253 e. The van der Waals surface area contributed by atoms with Crippen molar-refractivity contribution in [1.82, 2.24) is 9.80 Å². The summed E-state index contributed by atoms with van der Waals surface area (Å²) in [5, 5.41) is 10.3. The van der Waals surface area contributed by atoms with Gasteiger partial charge in [-0.25, -0.2) is 0 Å². The van der Waals surface area contributed by atoms with E-state index in [4.69, 9.17) is 5.73 Å². The molecule has 2 aliphatic heterocycles. The number of aliphatic hydroxyl groups is 1. The molecule has 3 rings (SSSR count). The number of hydrogen-bond donors (Lipinski definition) is 2. The van der Waals surface area contributed by atoms with Gasteiger partial charge < -0.3 is 20.6 Å². The number of carbonyl (C=O) groups is 2. The minimum atomic E-state index is -0.970. The maximum atomic E-state index is 12.7. The Morgan fingerprint density at radius 2 is 1.92 bits per heavy atom. The Bertz CT molecular complexity index is 631. The van der Waals surface area contributed by atoms with Crippen molar-refractivity contribution in [2.45, 2.75) is 44.2 Å². The monoisotopic (exact) mass is 345 g/mol. The smallest absolute Gasteiger partial charge is 0.253 e. The molecule has 2 fully saturated rings. The van der Waals surface area contributed by atoms with Gasteiger partial charge >= 0.3 is 0 Å². The normalized spacial score (nSPS) is 24.5. The zero-order valence-corrected chi connectivity index (χ0v) is 14.6. The van der Waals surface area contributed by atoms with E-state index >= 15 is 0 Å². The summed E-state index contributed by atoms with van der Waals surface area (Å²) in [5.41, 5.74) is 6.31. The highest BCUT2D eigenvalue weighted by Gasteiger charge is 2.34. The van der Waals surface area contributed by atoms with Crippen molar-refractivity contribution in [2.75, 3.05) is 26.2 Å². The van der Waals surface area contributed by atoms with Gasteiger partial charge in [0, 0.05) is 38.2 Å². The van der Waals surface area contributed by atoms with Gasteiger partial charge in [-0.3, -0.25) is 9.59 Å². The van der Waals surface area contributed by atoms with Crippen LogP contribution in [0.2, 0.25) is 0 Å². The predicted molar refractivity (Wildman–Crippen MR) is 94.9 cm³/mol. The van der Waals surface area contributed by atoms with Gasteiger partial charge in [-0.1, -0.05) is 12.1 Å². The van der Waals surface area contributed by atoms with Gasteiger partial charge in [0.2, 0.25) is 5.91 Å². The second-order valence-corrected chi connectivity index (χ2v) is 7.23. The first kappa shape index (κ1) is 17.9. The third-order valence-electron chi connectivity index (χ3n) is 5.22. The Morgan fingerprint density at radius 1 is 1.16 bits per heavy atom. The average molecular weight is 345 g/mol. The summed E-state index contributed by atoms with van der Waals surface area (Å²) in [6, 6.07) is 7.44. The van der Waals surface area contributed by atoms with E-state index in [1.165, 1.54) is 0 Å². The fourth-order valence-corrected chi connectivity index (χ4v) is 3.64. The molecule has 0 spiro atoms. The molecule has 1 unspecified atom stereocenters. The Morgan fingerprint density at radius 3 is 2.60 bits per heavy atom. The molecule has 2 saturated heterocycles. The molecule has 1 aromatic carbocycles. The maximum absolute atomic E-state index is 12.7. The molecule has 0 aliphatic carbocycles. The summed E-state index contributed by atoms with van der Waals surface area (Å²) in [4.78, 5) is 28.1. The van der Waals surface area contributed by atoms with E-state index in [1.54, 1.807) is 4.90 Å². The second kappa shape index (κ2) is 7.54. The third-order valence-corrected chi connectivity index (χ3v) is 5.22. The van der Waals surface area contributed by atoms with Gasteiger partial charge in [-0.15, -0.1) is 0 Å². The quantitative estimate of drug-likeness (QED) is 0.856. The van der Waals surface area contributed by atoms with E-state index in [-0.39, 0.29) is 24.9 Å². The summed E-state index contributed by atoms with van der Waals surface area (Å²) in [5.74, 6) is 0.132. The summed E-state index contributed by atoms with van der Waals surface area (Å²) < 4.78 is 0. The Labute approximate surface area is 148 Å². The number of likely N-dealkylation sites (tertiary alicyclic amines) is 2. The SMILES string of the molecule is NCC1(O)CCCN(C(=O)c2ccc(CN3CCCCC3=O)cc2)C1. The number of carbonyl (C=O) groups excluding carboxylic acids is 2. The van der Waals surface area contributed by atoms with Crippen LogP contribution in [0.25, 0.3) is 0 Å². The van der Waals surface area contributed by atoms with Crippen molar-refractivity contribution in [2.24, 2.45) is 5.73 Å². The van der Waals surface area contributed by atoms with Gasteiger partial charge in [0.25, 0.3) is 5.91 Å². The fourth-order valence-electron chi connectivity index (χ4n) is 3.64. The predicted octanol–water partition coefficient (Wildman–Crippen LogP) is 1.12.